The van der Waals surface area contributed by atoms with Crippen molar-refractivity contribution in [3.8, 4) is 69.8 Å². The highest BCUT2D eigenvalue weighted by Crippen LogP contribution is 2.65. The van der Waals surface area contributed by atoms with Crippen molar-refractivity contribution in [2.75, 3.05) is 0 Å². The molecule has 7 rings (SSSR count). The Labute approximate surface area is 269 Å². The minimum Gasteiger partial charge on any atom is -0.204 e. The van der Waals surface area contributed by atoms with E-state index < -0.39 is 90.8 Å². The van der Waals surface area contributed by atoms with Crippen molar-refractivity contribution in [1.29, 1.82) is 31.6 Å². The van der Waals surface area contributed by atoms with Gasteiger partial charge in [-0.25, -0.2) is 30.7 Å². The lowest BCUT2D eigenvalue weighted by atomic mass is 9.82. The third-order valence-electron chi connectivity index (χ3n) is 8.55. The molecule has 0 aromatic heterocycles. The van der Waals surface area contributed by atoms with E-state index in [0.29, 0.717) is 30.3 Å². The number of fused-ring (bicyclic) bond motifs is 12. The van der Waals surface area contributed by atoms with Crippen molar-refractivity contribution in [3.05, 3.63) is 121 Å². The largest absolute Gasteiger partial charge is 0.204 e. The number of hydrogen-bond donors (Lipinski definition) is 0. The second-order valence-corrected chi connectivity index (χ2v) is 10.7. The molecule has 0 bridgehead atoms. The van der Waals surface area contributed by atoms with E-state index in [9.17, 15) is 44.7 Å². The van der Waals surface area contributed by atoms with Gasteiger partial charge in [-0.3, -0.25) is 0 Å². The number of nitriles is 6. The summed E-state index contributed by atoms with van der Waals surface area (Å²) in [5.41, 5.74) is -8.39. The fourth-order valence-corrected chi connectivity index (χ4v) is 6.84. The first kappa shape index (κ1) is 30.2. The smallest absolute Gasteiger partial charge is 0.195 e. The van der Waals surface area contributed by atoms with Crippen LogP contribution in [0.4, 0.5) is 30.7 Å². The second kappa shape index (κ2) is 10.3. The second-order valence-electron chi connectivity index (χ2n) is 10.7. The van der Waals surface area contributed by atoms with Gasteiger partial charge in [0, 0.05) is 39.0 Å². The van der Waals surface area contributed by atoms with Crippen LogP contribution in [0.5, 0.6) is 0 Å². The Morgan fingerprint density at radius 2 is 0.633 bits per heavy atom. The van der Waals surface area contributed by atoms with Gasteiger partial charge in [-0.05, 0) is 74.8 Å². The molecule has 3 aliphatic carbocycles. The molecule has 0 atom stereocenters. The van der Waals surface area contributed by atoms with Crippen LogP contribution in [0.3, 0.4) is 0 Å². The summed E-state index contributed by atoms with van der Waals surface area (Å²) in [4.78, 5) is 0. The Balaban J connectivity index is 1.93. The van der Waals surface area contributed by atoms with Gasteiger partial charge in [-0.15, -0.1) is 0 Å². The van der Waals surface area contributed by atoms with Crippen LogP contribution < -0.4 is 0 Å². The molecule has 13 heteroatoms. The molecule has 0 heterocycles. The summed E-state index contributed by atoms with van der Waals surface area (Å²) >= 11 is 0. The molecule has 0 fully saturated rings. The van der Waals surface area contributed by atoms with Crippen molar-refractivity contribution in [3.63, 3.8) is 0 Å². The van der Waals surface area contributed by atoms with Crippen LogP contribution in [0.15, 0.2) is 47.1 Å². The number of halogens is 7. The maximum atomic E-state index is 15.9. The van der Waals surface area contributed by atoms with E-state index >= 15 is 17.6 Å². The van der Waals surface area contributed by atoms with Gasteiger partial charge in [-0.2, -0.15) is 31.6 Å². The fraction of sp³-hybridized carbons (Fsp3) is 0. The molecule has 3 aliphatic rings. The first-order valence-electron chi connectivity index (χ1n) is 13.6. The number of hydrogen-bond acceptors (Lipinski definition) is 6. The van der Waals surface area contributed by atoms with Crippen LogP contribution >= 0.6 is 0 Å². The van der Waals surface area contributed by atoms with Crippen molar-refractivity contribution in [2.45, 2.75) is 0 Å². The zero-order valence-electron chi connectivity index (χ0n) is 23.7. The molecule has 4 aromatic carbocycles. The molecule has 4 aromatic rings. The molecular weight excluding hydrogens is 649 g/mol. The van der Waals surface area contributed by atoms with Gasteiger partial charge in [0.15, 0.2) is 40.7 Å². The number of allylic oxidation sites excluding steroid dienone is 3. The molecule has 0 spiro atoms. The lowest BCUT2D eigenvalue weighted by molar-refractivity contribution is 0.446. The molecule has 0 amide bonds. The fourth-order valence-electron chi connectivity index (χ4n) is 6.84. The molecule has 0 N–H and O–H groups in total. The van der Waals surface area contributed by atoms with E-state index in [1.165, 1.54) is 0 Å². The summed E-state index contributed by atoms with van der Waals surface area (Å²) in [5.74, 6) is -11.5. The van der Waals surface area contributed by atoms with Gasteiger partial charge in [0.1, 0.15) is 53.1 Å². The Hall–Kier alpha value is -7.45. The summed E-state index contributed by atoms with van der Waals surface area (Å²) < 4.78 is 106. The Bertz CT molecular complexity index is 2690. The first-order valence-corrected chi connectivity index (χ1v) is 13.6. The highest BCUT2D eigenvalue weighted by molar-refractivity contribution is 6.24. The molecular formula is C36H5F7N6. The highest BCUT2D eigenvalue weighted by atomic mass is 19.2. The molecule has 0 saturated heterocycles. The topological polar surface area (TPSA) is 143 Å². The average Bonchev–Trinajstić information content (AvgIpc) is 3.69. The lowest BCUT2D eigenvalue weighted by Crippen LogP contribution is -1.99. The maximum Gasteiger partial charge on any atom is 0.195 e. The average molecular weight is 654 g/mol. The summed E-state index contributed by atoms with van der Waals surface area (Å²) in [6, 6.07) is 12.7. The molecule has 0 aliphatic heterocycles. The van der Waals surface area contributed by atoms with Crippen LogP contribution in [0.25, 0.3) is 50.1 Å². The summed E-state index contributed by atoms with van der Waals surface area (Å²) in [5, 5.41) is 60.1. The number of benzene rings is 4. The number of nitrogens with zero attached hydrogens (tertiary/aromatic N) is 6. The van der Waals surface area contributed by atoms with Crippen molar-refractivity contribution in [2.24, 2.45) is 0 Å². The highest BCUT2D eigenvalue weighted by Gasteiger charge is 2.47. The van der Waals surface area contributed by atoms with E-state index in [1.807, 2.05) is 0 Å². The third-order valence-corrected chi connectivity index (χ3v) is 8.55. The first-order chi connectivity index (χ1) is 23.5. The van der Waals surface area contributed by atoms with Gasteiger partial charge in [0.05, 0.1) is 0 Å². The van der Waals surface area contributed by atoms with Crippen LogP contribution in [0.1, 0.15) is 33.4 Å². The molecule has 6 nitrogen and oxygen atoms in total. The predicted octanol–water partition coefficient (Wildman–Crippen LogP) is 8.15. The minimum absolute atomic E-state index is 0.261. The lowest BCUT2D eigenvalue weighted by Gasteiger charge is -2.18. The van der Waals surface area contributed by atoms with Crippen molar-refractivity contribution in [1.82, 2.24) is 0 Å². The zero-order chi connectivity index (χ0) is 35.2. The number of rotatable bonds is 0. The van der Waals surface area contributed by atoms with Crippen LogP contribution in [0.2, 0.25) is 0 Å². The molecule has 49 heavy (non-hydrogen) atoms. The summed E-state index contributed by atoms with van der Waals surface area (Å²) in [6.07, 6.45) is 0. The monoisotopic (exact) mass is 654 g/mol. The minimum atomic E-state index is -2.02. The third kappa shape index (κ3) is 3.65. The Morgan fingerprint density at radius 1 is 0.327 bits per heavy atom. The van der Waals surface area contributed by atoms with Gasteiger partial charge in [0.25, 0.3) is 0 Å². The standard InChI is InChI=1S/C36H5F7N6/c37-20-1-15-17(3-22(20)39)28-32-25(12(6-44)7-45)16-2-21(38)23(40)4-18(16)29(32)34-27(14(10-48)11-49)31-19(5-24(41)35(42)36(31)43)30(34)33(28)26(15)13(8-46)9-47/h1-5H. The Morgan fingerprint density at radius 3 is 1.02 bits per heavy atom. The quantitative estimate of drug-likeness (QED) is 0.0918. The Kier molecular flexibility index (Phi) is 6.34. The SMILES string of the molecule is N#CC(C#N)=C1c2cc(F)c(F)cc2-c2c1c1c(c3c2C(=C(C#N)C#N)c2c-3cc(F)c(F)c2F)C(=C(C#N)C#N)c2cc(F)c(F)cc2-1. The van der Waals surface area contributed by atoms with E-state index in [2.05, 4.69) is 0 Å². The predicted molar refractivity (Wildman–Crippen MR) is 154 cm³/mol. The van der Waals surface area contributed by atoms with E-state index in [-0.39, 0.29) is 50.1 Å². The van der Waals surface area contributed by atoms with Gasteiger partial charge < -0.3 is 0 Å². The molecule has 228 valence electrons. The molecule has 0 unspecified atom stereocenters. The van der Waals surface area contributed by atoms with E-state index in [4.69, 9.17) is 0 Å². The summed E-state index contributed by atoms with van der Waals surface area (Å²) in [6.45, 7) is 0. The van der Waals surface area contributed by atoms with Crippen molar-refractivity contribution < 1.29 is 30.7 Å². The van der Waals surface area contributed by atoms with Gasteiger partial charge >= 0.3 is 0 Å². The zero-order valence-corrected chi connectivity index (χ0v) is 23.7. The molecule has 0 saturated carbocycles. The van der Waals surface area contributed by atoms with Crippen LogP contribution in [-0.4, -0.2) is 0 Å². The van der Waals surface area contributed by atoms with Crippen molar-refractivity contribution >= 4 is 16.7 Å². The normalized spacial score (nSPS) is 12.1. The van der Waals surface area contributed by atoms with E-state index in [0.717, 1.165) is 0 Å². The van der Waals surface area contributed by atoms with Gasteiger partial charge in [-0.1, -0.05) is 0 Å². The van der Waals surface area contributed by atoms with Crippen LogP contribution in [0, 0.1) is 109 Å². The maximum absolute atomic E-state index is 15.9. The summed E-state index contributed by atoms with van der Waals surface area (Å²) in [7, 11) is 0. The van der Waals surface area contributed by atoms with E-state index in [1.54, 1.807) is 36.4 Å². The van der Waals surface area contributed by atoms with Crippen LogP contribution in [-0.2, 0) is 0 Å². The van der Waals surface area contributed by atoms with Gasteiger partial charge in [0.2, 0.25) is 0 Å². The molecule has 0 radical (unpaired) electrons.